The molecule has 0 bridgehead atoms. The van der Waals surface area contributed by atoms with Gasteiger partial charge in [0.05, 0.1) is 26.4 Å². The Morgan fingerprint density at radius 3 is 1.20 bits per heavy atom. The average molecular weight is 737 g/mol. The third kappa shape index (κ3) is 9.22. The zero-order valence-electron chi connectivity index (χ0n) is 30.7. The summed E-state index contributed by atoms with van der Waals surface area (Å²) in [7, 11) is 0. The van der Waals surface area contributed by atoms with Crippen LogP contribution in [0.15, 0.2) is 182 Å². The molecule has 6 heteroatoms. The lowest BCUT2D eigenvalue weighted by Gasteiger charge is -2.47. The molecule has 5 atom stereocenters. The van der Waals surface area contributed by atoms with E-state index in [-0.39, 0.29) is 12.0 Å². The second-order valence-electron chi connectivity index (χ2n) is 13.4. The summed E-state index contributed by atoms with van der Waals surface area (Å²) in [5.74, 6) is 0.840. The second kappa shape index (κ2) is 19.2. The molecule has 5 nitrogen and oxygen atoms in total. The second-order valence-corrected chi connectivity index (χ2v) is 14.7. The van der Waals surface area contributed by atoms with Crippen LogP contribution in [0, 0.1) is 0 Å². The summed E-state index contributed by atoms with van der Waals surface area (Å²) in [5, 5.41) is 0. The fourth-order valence-electron chi connectivity index (χ4n) is 7.15. The Morgan fingerprint density at radius 2 is 0.815 bits per heavy atom. The van der Waals surface area contributed by atoms with Gasteiger partial charge in [0.15, 0.2) is 0 Å². The maximum absolute atomic E-state index is 7.40. The quantitative estimate of drug-likeness (QED) is 0.0869. The highest BCUT2D eigenvalue weighted by molar-refractivity contribution is 7.99. The molecule has 1 aliphatic heterocycles. The summed E-state index contributed by atoms with van der Waals surface area (Å²) in [5.41, 5.74) is 5.07. The van der Waals surface area contributed by atoms with Crippen LogP contribution >= 0.6 is 11.8 Å². The van der Waals surface area contributed by atoms with Crippen molar-refractivity contribution < 1.29 is 23.7 Å². The molecular weight excluding hydrogens is 689 g/mol. The van der Waals surface area contributed by atoms with Crippen molar-refractivity contribution in [1.29, 1.82) is 0 Å². The van der Waals surface area contributed by atoms with E-state index >= 15 is 0 Å². The van der Waals surface area contributed by atoms with Crippen LogP contribution < -0.4 is 0 Å². The molecule has 0 saturated carbocycles. The van der Waals surface area contributed by atoms with Crippen LogP contribution in [0.25, 0.3) is 0 Å². The van der Waals surface area contributed by atoms with Gasteiger partial charge in [0.25, 0.3) is 0 Å². The van der Waals surface area contributed by atoms with Crippen LogP contribution in [0.4, 0.5) is 0 Å². The molecule has 0 aliphatic carbocycles. The summed E-state index contributed by atoms with van der Waals surface area (Å²) >= 11 is 1.73. The van der Waals surface area contributed by atoms with Gasteiger partial charge in [-0.2, -0.15) is 0 Å². The number of benzene rings is 6. The molecule has 0 radical (unpaired) electrons. The topological polar surface area (TPSA) is 46.2 Å². The van der Waals surface area contributed by atoms with Crippen molar-refractivity contribution in [3.05, 3.63) is 215 Å². The Kier molecular flexibility index (Phi) is 13.4. The van der Waals surface area contributed by atoms with Gasteiger partial charge in [0.1, 0.15) is 35.5 Å². The number of hydrogen-bond acceptors (Lipinski definition) is 6. The standard InChI is InChI=1S/C48H48O5S/c1-2-54-47-46(51-35-39-25-13-5-14-26-39)45(50-34-38-23-11-4-12-24-38)44(49-33-37-21-9-3-10-22-37)43(53-47)36-52-48(40-27-15-6-16-28-40,41-29-17-7-18-30-41)42-31-19-8-20-32-42/h3-32,43-47H,2,33-36H2,1H3/t43-,44-,45+,46-,47-/m0/s1. The Hall–Kier alpha value is -4.53. The van der Waals surface area contributed by atoms with E-state index in [2.05, 4.69) is 116 Å². The average Bonchev–Trinajstić information content (AvgIpc) is 3.24. The SMILES string of the molecule is CCS[C@@H]1O[C@@H](COC(c2ccccc2)(c2ccccc2)c2ccccc2)[C@H](OCc2ccccc2)[C@@H](OCc2ccccc2)[C@@H]1OCc1ccccc1. The van der Waals surface area contributed by atoms with Crippen molar-refractivity contribution in [2.24, 2.45) is 0 Å². The van der Waals surface area contributed by atoms with Gasteiger partial charge < -0.3 is 23.7 Å². The van der Waals surface area contributed by atoms with Crippen molar-refractivity contribution in [1.82, 2.24) is 0 Å². The number of hydrogen-bond donors (Lipinski definition) is 0. The van der Waals surface area contributed by atoms with Gasteiger partial charge in [-0.1, -0.05) is 189 Å². The first-order valence-electron chi connectivity index (χ1n) is 18.8. The lowest BCUT2D eigenvalue weighted by molar-refractivity contribution is -0.258. The Bertz CT molecular complexity index is 1830. The summed E-state index contributed by atoms with van der Waals surface area (Å²) in [6, 6.07) is 62.2. The minimum atomic E-state index is -0.925. The molecule has 0 N–H and O–H groups in total. The molecule has 7 rings (SSSR count). The minimum Gasteiger partial charge on any atom is -0.368 e. The van der Waals surface area contributed by atoms with E-state index in [1.807, 2.05) is 72.8 Å². The normalized spacial score (nSPS) is 20.1. The van der Waals surface area contributed by atoms with Crippen molar-refractivity contribution in [3.8, 4) is 0 Å². The zero-order valence-corrected chi connectivity index (χ0v) is 31.5. The van der Waals surface area contributed by atoms with Gasteiger partial charge in [0.2, 0.25) is 0 Å². The predicted molar refractivity (Wildman–Crippen MR) is 217 cm³/mol. The van der Waals surface area contributed by atoms with E-state index in [0.29, 0.717) is 19.8 Å². The smallest absolute Gasteiger partial charge is 0.143 e. The highest BCUT2D eigenvalue weighted by Gasteiger charge is 2.50. The maximum atomic E-state index is 7.40. The van der Waals surface area contributed by atoms with Crippen molar-refractivity contribution in [2.75, 3.05) is 12.4 Å². The predicted octanol–water partition coefficient (Wildman–Crippen LogP) is 10.2. The van der Waals surface area contributed by atoms with E-state index < -0.39 is 30.0 Å². The summed E-state index contributed by atoms with van der Waals surface area (Å²) in [4.78, 5) is 0. The number of ether oxygens (including phenoxy) is 5. The Labute approximate surface area is 324 Å². The molecule has 54 heavy (non-hydrogen) atoms. The summed E-state index contributed by atoms with van der Waals surface area (Å²) in [6.07, 6.45) is -1.91. The first-order chi connectivity index (χ1) is 26.7. The van der Waals surface area contributed by atoms with E-state index in [1.165, 1.54) is 0 Å². The van der Waals surface area contributed by atoms with Gasteiger partial charge in [-0.25, -0.2) is 0 Å². The monoisotopic (exact) mass is 736 g/mol. The maximum Gasteiger partial charge on any atom is 0.143 e. The van der Waals surface area contributed by atoms with Gasteiger partial charge in [-0.05, 0) is 39.1 Å². The fourth-order valence-corrected chi connectivity index (χ4v) is 8.13. The third-order valence-electron chi connectivity index (χ3n) is 9.78. The summed E-state index contributed by atoms with van der Waals surface area (Å²) < 4.78 is 35.3. The highest BCUT2D eigenvalue weighted by Crippen LogP contribution is 2.42. The number of thioether (sulfide) groups is 1. The van der Waals surface area contributed by atoms with Crippen LogP contribution in [-0.2, 0) is 49.1 Å². The largest absolute Gasteiger partial charge is 0.368 e. The van der Waals surface area contributed by atoms with E-state index in [0.717, 1.165) is 39.1 Å². The Balaban J connectivity index is 1.28. The lowest BCUT2D eigenvalue weighted by atomic mass is 9.80. The van der Waals surface area contributed by atoms with Crippen LogP contribution in [0.5, 0.6) is 0 Å². The lowest BCUT2D eigenvalue weighted by Crippen LogP contribution is -2.60. The molecule has 0 amide bonds. The zero-order chi connectivity index (χ0) is 36.8. The van der Waals surface area contributed by atoms with Crippen molar-refractivity contribution in [3.63, 3.8) is 0 Å². The van der Waals surface area contributed by atoms with E-state index in [9.17, 15) is 0 Å². The van der Waals surface area contributed by atoms with Crippen LogP contribution in [0.1, 0.15) is 40.3 Å². The molecule has 6 aromatic carbocycles. The molecular formula is C48H48O5S. The number of rotatable bonds is 17. The van der Waals surface area contributed by atoms with E-state index in [4.69, 9.17) is 23.7 Å². The molecule has 1 aliphatic rings. The van der Waals surface area contributed by atoms with Crippen molar-refractivity contribution >= 4 is 11.8 Å². The molecule has 1 heterocycles. The van der Waals surface area contributed by atoms with Gasteiger partial charge >= 0.3 is 0 Å². The van der Waals surface area contributed by atoms with Gasteiger partial charge in [0, 0.05) is 0 Å². The molecule has 1 saturated heterocycles. The van der Waals surface area contributed by atoms with Gasteiger partial charge in [-0.3, -0.25) is 0 Å². The fraction of sp³-hybridized carbons (Fsp3) is 0.250. The molecule has 1 fully saturated rings. The molecule has 6 aromatic rings. The first-order valence-corrected chi connectivity index (χ1v) is 19.8. The van der Waals surface area contributed by atoms with Crippen molar-refractivity contribution in [2.45, 2.75) is 62.2 Å². The van der Waals surface area contributed by atoms with Crippen LogP contribution in [-0.4, -0.2) is 42.2 Å². The molecule has 0 aromatic heterocycles. The minimum absolute atomic E-state index is 0.232. The van der Waals surface area contributed by atoms with E-state index in [1.54, 1.807) is 11.8 Å². The molecule has 0 spiro atoms. The molecule has 0 unspecified atom stereocenters. The van der Waals surface area contributed by atoms with Crippen LogP contribution in [0.2, 0.25) is 0 Å². The molecule has 276 valence electrons. The van der Waals surface area contributed by atoms with Gasteiger partial charge in [-0.15, -0.1) is 11.8 Å². The summed E-state index contributed by atoms with van der Waals surface area (Å²) in [6.45, 7) is 3.59. The first kappa shape index (κ1) is 37.8. The third-order valence-corrected chi connectivity index (χ3v) is 10.8. The Morgan fingerprint density at radius 1 is 0.463 bits per heavy atom. The highest BCUT2D eigenvalue weighted by atomic mass is 32.2. The van der Waals surface area contributed by atoms with Crippen LogP contribution in [0.3, 0.4) is 0 Å².